The van der Waals surface area contributed by atoms with Crippen LogP contribution in [0.3, 0.4) is 0 Å². The van der Waals surface area contributed by atoms with Crippen molar-refractivity contribution in [1.82, 2.24) is 4.90 Å². The number of aryl methyl sites for hydroxylation is 2. The molecule has 0 saturated carbocycles. The quantitative estimate of drug-likeness (QED) is 0.775. The van der Waals surface area contributed by atoms with Gasteiger partial charge in [0.1, 0.15) is 11.5 Å². The maximum Gasteiger partial charge on any atom is 0.417 e. The summed E-state index contributed by atoms with van der Waals surface area (Å²) in [5, 5.41) is 19.2. The third-order valence-corrected chi connectivity index (χ3v) is 6.80. The number of fused-ring (bicyclic) bond motifs is 1. The van der Waals surface area contributed by atoms with Crippen LogP contribution in [0.4, 0.5) is 18.9 Å². The van der Waals surface area contributed by atoms with Crippen LogP contribution in [0.2, 0.25) is 0 Å². The molecule has 0 bridgehead atoms. The molecule has 0 unspecified atom stereocenters. The molecule has 2 aromatic rings. The summed E-state index contributed by atoms with van der Waals surface area (Å²) in [6, 6.07) is 7.01. The Bertz CT molecular complexity index is 1090. The number of amides is 1. The van der Waals surface area contributed by atoms with Crippen LogP contribution in [0.1, 0.15) is 39.4 Å². The Balaban J connectivity index is 1.58. The maximum atomic E-state index is 13.4. The molecule has 2 atom stereocenters. The minimum atomic E-state index is -4.63. The molecule has 1 amide bonds. The van der Waals surface area contributed by atoms with E-state index in [0.29, 0.717) is 55.4 Å². The number of rotatable bonds is 3. The Morgan fingerprint density at radius 2 is 2.06 bits per heavy atom. The number of aliphatic hydroxyl groups is 1. The molecule has 0 aliphatic carbocycles. The van der Waals surface area contributed by atoms with Gasteiger partial charge in [-0.3, -0.25) is 4.79 Å². The minimum Gasteiger partial charge on any atom is -0.466 e. The smallest absolute Gasteiger partial charge is 0.417 e. The Morgan fingerprint density at radius 1 is 1.31 bits per heavy atom. The average Bonchev–Trinajstić information content (AvgIpc) is 3.31. The fraction of sp³-hybridized carbons (Fsp3) is 0.478. The van der Waals surface area contributed by atoms with Gasteiger partial charge in [-0.1, -0.05) is 0 Å². The number of aliphatic hydroxyl groups excluding tert-OH is 1. The highest BCUT2D eigenvalue weighted by Crippen LogP contribution is 2.45. The number of hydrogen-bond acceptors (Lipinski definition) is 5. The molecule has 3 heterocycles. The van der Waals surface area contributed by atoms with Crippen LogP contribution in [0.25, 0.3) is 0 Å². The van der Waals surface area contributed by atoms with Crippen LogP contribution < -0.4 is 4.90 Å². The first-order chi connectivity index (χ1) is 15.1. The predicted molar refractivity (Wildman–Crippen MR) is 110 cm³/mol. The van der Waals surface area contributed by atoms with E-state index in [2.05, 4.69) is 0 Å². The molecule has 9 heteroatoms. The summed E-state index contributed by atoms with van der Waals surface area (Å²) in [4.78, 5) is 16.6. The third-order valence-electron chi connectivity index (χ3n) is 6.80. The van der Waals surface area contributed by atoms with Crippen LogP contribution >= 0.6 is 0 Å². The molecule has 6 nitrogen and oxygen atoms in total. The van der Waals surface area contributed by atoms with Crippen molar-refractivity contribution in [2.45, 2.75) is 26.4 Å². The van der Waals surface area contributed by atoms with Gasteiger partial charge in [0.2, 0.25) is 0 Å². The number of benzene rings is 1. The van der Waals surface area contributed by atoms with Gasteiger partial charge >= 0.3 is 6.18 Å². The Morgan fingerprint density at radius 3 is 2.66 bits per heavy atom. The molecule has 170 valence electrons. The summed E-state index contributed by atoms with van der Waals surface area (Å²) in [5.74, 6) is 0.975. The highest BCUT2D eigenvalue weighted by atomic mass is 19.4. The van der Waals surface area contributed by atoms with Gasteiger partial charge < -0.3 is 19.3 Å². The van der Waals surface area contributed by atoms with E-state index in [1.54, 1.807) is 30.9 Å². The standard InChI is InChI=1S/C23H24F3N3O3/c1-14-7-19(15(2)32-14)21(31)28-6-5-22(13-30)12-29(11-17(22)10-28)18-4-3-16(9-27)20(8-18)23(24,25)26/h3-4,7-8,17,30H,5-6,10-13H2,1-2H3/t17-,22+/m1/s1. The Kier molecular flexibility index (Phi) is 5.45. The zero-order valence-corrected chi connectivity index (χ0v) is 17.9. The van der Waals surface area contributed by atoms with Crippen molar-refractivity contribution in [3.8, 4) is 6.07 Å². The van der Waals surface area contributed by atoms with E-state index in [1.165, 1.54) is 12.1 Å². The zero-order valence-electron chi connectivity index (χ0n) is 17.9. The van der Waals surface area contributed by atoms with Crippen LogP contribution in [0, 0.1) is 36.5 Å². The molecule has 2 saturated heterocycles. The molecular formula is C23H24F3N3O3. The van der Waals surface area contributed by atoms with Gasteiger partial charge in [0.25, 0.3) is 5.91 Å². The second-order valence-corrected chi connectivity index (χ2v) is 8.77. The molecule has 0 radical (unpaired) electrons. The number of likely N-dealkylation sites (tertiary alicyclic amines) is 1. The highest BCUT2D eigenvalue weighted by molar-refractivity contribution is 5.95. The molecule has 1 N–H and O–H groups in total. The monoisotopic (exact) mass is 447 g/mol. The van der Waals surface area contributed by atoms with Gasteiger partial charge in [-0.25, -0.2) is 0 Å². The van der Waals surface area contributed by atoms with E-state index in [0.717, 1.165) is 6.07 Å². The van der Waals surface area contributed by atoms with Crippen molar-refractivity contribution in [3.63, 3.8) is 0 Å². The second kappa shape index (κ2) is 7.85. The first-order valence-corrected chi connectivity index (χ1v) is 10.4. The number of nitriles is 1. The number of furan rings is 1. The molecule has 2 aliphatic rings. The number of nitrogens with zero attached hydrogens (tertiary/aromatic N) is 3. The summed E-state index contributed by atoms with van der Waals surface area (Å²) < 4.78 is 45.7. The van der Waals surface area contributed by atoms with Crippen molar-refractivity contribution in [2.75, 3.05) is 37.7 Å². The number of halogens is 3. The second-order valence-electron chi connectivity index (χ2n) is 8.77. The molecular weight excluding hydrogens is 423 g/mol. The lowest BCUT2D eigenvalue weighted by atomic mass is 9.73. The third kappa shape index (κ3) is 3.73. The molecule has 2 fully saturated rings. The van der Waals surface area contributed by atoms with E-state index in [4.69, 9.17) is 9.68 Å². The fourth-order valence-electron chi connectivity index (χ4n) is 5.00. The van der Waals surface area contributed by atoms with Gasteiger partial charge in [0.15, 0.2) is 0 Å². The number of alkyl halides is 3. The van der Waals surface area contributed by atoms with Gasteiger partial charge in [-0.15, -0.1) is 0 Å². The van der Waals surface area contributed by atoms with E-state index in [1.807, 2.05) is 4.90 Å². The SMILES string of the molecule is Cc1cc(C(=O)N2CC[C@@]3(CO)CN(c4ccc(C#N)c(C(F)(F)F)c4)C[C@H]3C2)c(C)o1. The highest BCUT2D eigenvalue weighted by Gasteiger charge is 2.50. The van der Waals surface area contributed by atoms with Crippen molar-refractivity contribution < 1.29 is 27.5 Å². The molecule has 4 rings (SSSR count). The summed E-state index contributed by atoms with van der Waals surface area (Å²) in [7, 11) is 0. The van der Waals surface area contributed by atoms with E-state index >= 15 is 0 Å². The van der Waals surface area contributed by atoms with Gasteiger partial charge in [0.05, 0.1) is 29.4 Å². The number of hydrogen-bond donors (Lipinski definition) is 1. The number of carbonyl (C=O) groups excluding carboxylic acids is 1. The predicted octanol–water partition coefficient (Wildman–Crippen LogP) is 3.75. The van der Waals surface area contributed by atoms with Crippen LogP contribution in [-0.4, -0.2) is 48.7 Å². The zero-order chi connectivity index (χ0) is 23.3. The summed E-state index contributed by atoms with van der Waals surface area (Å²) in [5.41, 5.74) is -1.01. The van der Waals surface area contributed by atoms with Crippen LogP contribution in [-0.2, 0) is 6.18 Å². The van der Waals surface area contributed by atoms with Crippen molar-refractivity contribution in [3.05, 3.63) is 52.5 Å². The lowest BCUT2D eigenvalue weighted by Gasteiger charge is -2.42. The van der Waals surface area contributed by atoms with E-state index in [-0.39, 0.29) is 18.4 Å². The normalized spacial score (nSPS) is 23.2. The molecule has 1 aromatic carbocycles. The number of carbonyl (C=O) groups is 1. The number of piperidine rings is 1. The van der Waals surface area contributed by atoms with Gasteiger partial charge in [-0.2, -0.15) is 18.4 Å². The largest absolute Gasteiger partial charge is 0.466 e. The molecule has 32 heavy (non-hydrogen) atoms. The van der Waals surface area contributed by atoms with Gasteiger partial charge in [-0.05, 0) is 44.5 Å². The topological polar surface area (TPSA) is 80.7 Å². The van der Waals surface area contributed by atoms with E-state index in [9.17, 15) is 23.1 Å². The van der Waals surface area contributed by atoms with E-state index < -0.39 is 22.7 Å². The van der Waals surface area contributed by atoms with Crippen molar-refractivity contribution >= 4 is 11.6 Å². The molecule has 1 aromatic heterocycles. The first-order valence-electron chi connectivity index (χ1n) is 10.4. The van der Waals surface area contributed by atoms with Gasteiger partial charge in [0, 0.05) is 43.2 Å². The lowest BCUT2D eigenvalue weighted by molar-refractivity contribution is -0.137. The summed E-state index contributed by atoms with van der Waals surface area (Å²) in [6.07, 6.45) is -4.08. The van der Waals surface area contributed by atoms with Crippen LogP contribution in [0.15, 0.2) is 28.7 Å². The molecule has 2 aliphatic heterocycles. The van der Waals surface area contributed by atoms with Crippen molar-refractivity contribution in [1.29, 1.82) is 5.26 Å². The first kappa shape index (κ1) is 22.2. The summed E-state index contributed by atoms with van der Waals surface area (Å²) in [6.45, 7) is 5.07. The van der Waals surface area contributed by atoms with Crippen molar-refractivity contribution in [2.24, 2.45) is 11.3 Å². The summed E-state index contributed by atoms with van der Waals surface area (Å²) >= 11 is 0. The molecule has 0 spiro atoms. The Hall–Kier alpha value is -2.99. The average molecular weight is 447 g/mol. The minimum absolute atomic E-state index is 0.0940. The fourth-order valence-corrected chi connectivity index (χ4v) is 5.00. The lowest BCUT2D eigenvalue weighted by Crippen LogP contribution is -2.50. The Labute approximate surface area is 183 Å². The maximum absolute atomic E-state index is 13.4. The number of anilines is 1. The van der Waals surface area contributed by atoms with Crippen LogP contribution in [0.5, 0.6) is 0 Å².